The van der Waals surface area contributed by atoms with Crippen molar-refractivity contribution in [1.82, 2.24) is 0 Å². The van der Waals surface area contributed by atoms with Gasteiger partial charge in [0.1, 0.15) is 18.2 Å². The summed E-state index contributed by atoms with van der Waals surface area (Å²) in [5.41, 5.74) is 0.386. The molecule has 1 aromatic rings. The van der Waals surface area contributed by atoms with Crippen molar-refractivity contribution in [3.05, 3.63) is 29.6 Å². The van der Waals surface area contributed by atoms with Gasteiger partial charge in [-0.3, -0.25) is 4.79 Å². The number of benzene rings is 1. The van der Waals surface area contributed by atoms with E-state index in [9.17, 15) is 9.18 Å². The van der Waals surface area contributed by atoms with E-state index in [1.165, 1.54) is 12.1 Å². The van der Waals surface area contributed by atoms with Crippen LogP contribution in [-0.2, 0) is 11.2 Å². The second-order valence-electron chi connectivity index (χ2n) is 2.89. The topological polar surface area (TPSA) is 66.8 Å². The van der Waals surface area contributed by atoms with E-state index in [0.717, 1.165) is 6.07 Å². The number of aliphatic carboxylic acids is 1. The second kappa shape index (κ2) is 5.31. The van der Waals surface area contributed by atoms with Crippen LogP contribution in [0.1, 0.15) is 5.56 Å². The molecule has 0 heterocycles. The first-order valence-electron chi connectivity index (χ1n) is 4.37. The van der Waals surface area contributed by atoms with Crippen molar-refractivity contribution in [2.24, 2.45) is 0 Å². The lowest BCUT2D eigenvalue weighted by atomic mass is 10.1. The van der Waals surface area contributed by atoms with Gasteiger partial charge in [-0.25, -0.2) is 4.39 Å². The predicted octanol–water partition coefficient (Wildman–Crippen LogP) is 0.824. The van der Waals surface area contributed by atoms with Crippen LogP contribution >= 0.6 is 0 Å². The molecule has 0 unspecified atom stereocenters. The van der Waals surface area contributed by atoms with Gasteiger partial charge in [0.15, 0.2) is 0 Å². The molecule has 0 saturated carbocycles. The Morgan fingerprint density at radius 3 is 2.80 bits per heavy atom. The molecule has 15 heavy (non-hydrogen) atoms. The van der Waals surface area contributed by atoms with Crippen LogP contribution in [0.5, 0.6) is 5.75 Å². The number of hydrogen-bond acceptors (Lipinski definition) is 3. The lowest BCUT2D eigenvalue weighted by molar-refractivity contribution is -0.136. The van der Waals surface area contributed by atoms with E-state index >= 15 is 0 Å². The van der Waals surface area contributed by atoms with Gasteiger partial charge >= 0.3 is 5.97 Å². The summed E-state index contributed by atoms with van der Waals surface area (Å²) in [6.45, 7) is -0.195. The minimum Gasteiger partial charge on any atom is -0.491 e. The number of carboxylic acids is 1. The third-order valence-electron chi connectivity index (χ3n) is 1.72. The summed E-state index contributed by atoms with van der Waals surface area (Å²) in [7, 11) is 0. The minimum absolute atomic E-state index is 0.00999. The summed E-state index contributed by atoms with van der Waals surface area (Å²) >= 11 is 0. The molecule has 0 aromatic heterocycles. The van der Waals surface area contributed by atoms with Crippen LogP contribution < -0.4 is 4.74 Å². The Kier molecular flexibility index (Phi) is 4.05. The number of aliphatic hydroxyl groups is 1. The monoisotopic (exact) mass is 214 g/mol. The lowest BCUT2D eigenvalue weighted by Gasteiger charge is -2.09. The summed E-state index contributed by atoms with van der Waals surface area (Å²) in [5, 5.41) is 17.1. The first-order valence-corrected chi connectivity index (χ1v) is 4.37. The van der Waals surface area contributed by atoms with Crippen molar-refractivity contribution >= 4 is 5.97 Å². The maximum Gasteiger partial charge on any atom is 0.307 e. The highest BCUT2D eigenvalue weighted by Crippen LogP contribution is 2.20. The molecule has 0 atom stereocenters. The van der Waals surface area contributed by atoms with E-state index in [1.54, 1.807) is 0 Å². The molecule has 1 rings (SSSR count). The molecule has 0 amide bonds. The summed E-state index contributed by atoms with van der Waals surface area (Å²) in [4.78, 5) is 10.5. The molecule has 5 heteroatoms. The van der Waals surface area contributed by atoms with E-state index in [1.807, 2.05) is 0 Å². The molecular formula is C10H11FO4. The van der Waals surface area contributed by atoms with Crippen LogP contribution in [0.15, 0.2) is 18.2 Å². The van der Waals surface area contributed by atoms with Crippen molar-refractivity contribution in [2.45, 2.75) is 6.42 Å². The largest absolute Gasteiger partial charge is 0.491 e. The predicted molar refractivity (Wildman–Crippen MR) is 50.3 cm³/mol. The van der Waals surface area contributed by atoms with Gasteiger partial charge in [-0.05, 0) is 6.07 Å². The molecule has 1 aromatic carbocycles. The normalized spacial score (nSPS) is 10.0. The van der Waals surface area contributed by atoms with Crippen LogP contribution in [0, 0.1) is 5.82 Å². The molecule has 2 N–H and O–H groups in total. The molecule has 0 aliphatic carbocycles. The van der Waals surface area contributed by atoms with Gasteiger partial charge in [0.25, 0.3) is 0 Å². The smallest absolute Gasteiger partial charge is 0.307 e. The Morgan fingerprint density at radius 2 is 2.20 bits per heavy atom. The molecule has 0 saturated heterocycles. The SMILES string of the molecule is O=C(O)Cc1ccc(F)cc1OCCO. The van der Waals surface area contributed by atoms with Gasteiger partial charge < -0.3 is 14.9 Å². The Bertz CT molecular complexity index is 351. The molecule has 0 radical (unpaired) electrons. The van der Waals surface area contributed by atoms with Crippen molar-refractivity contribution in [2.75, 3.05) is 13.2 Å². The number of rotatable bonds is 5. The van der Waals surface area contributed by atoms with Crippen molar-refractivity contribution < 1.29 is 24.1 Å². The third-order valence-corrected chi connectivity index (χ3v) is 1.72. The second-order valence-corrected chi connectivity index (χ2v) is 2.89. The molecular weight excluding hydrogens is 203 g/mol. The Labute approximate surface area is 85.9 Å². The molecule has 0 spiro atoms. The third kappa shape index (κ3) is 3.55. The van der Waals surface area contributed by atoms with Gasteiger partial charge in [0, 0.05) is 11.6 Å². The Morgan fingerprint density at radius 1 is 1.47 bits per heavy atom. The first kappa shape index (κ1) is 11.5. The maximum atomic E-state index is 12.8. The van der Waals surface area contributed by atoms with Gasteiger partial charge in [-0.15, -0.1) is 0 Å². The zero-order valence-corrected chi connectivity index (χ0v) is 7.94. The highest BCUT2D eigenvalue weighted by Gasteiger charge is 2.09. The molecule has 0 aliphatic rings. The van der Waals surface area contributed by atoms with Crippen LogP contribution in [0.25, 0.3) is 0 Å². The number of ether oxygens (including phenoxy) is 1. The Hall–Kier alpha value is -1.62. The van der Waals surface area contributed by atoms with E-state index in [-0.39, 0.29) is 25.4 Å². The number of aliphatic hydroxyl groups excluding tert-OH is 1. The van der Waals surface area contributed by atoms with Crippen LogP contribution in [-0.4, -0.2) is 29.4 Å². The fraction of sp³-hybridized carbons (Fsp3) is 0.300. The van der Waals surface area contributed by atoms with Crippen LogP contribution in [0.4, 0.5) is 4.39 Å². The molecule has 0 bridgehead atoms. The number of carboxylic acid groups (broad SMARTS) is 1. The molecule has 4 nitrogen and oxygen atoms in total. The number of halogens is 1. The quantitative estimate of drug-likeness (QED) is 0.761. The van der Waals surface area contributed by atoms with Crippen molar-refractivity contribution in [3.8, 4) is 5.75 Å². The number of hydrogen-bond donors (Lipinski definition) is 2. The number of carbonyl (C=O) groups is 1. The molecule has 0 aliphatic heterocycles. The highest BCUT2D eigenvalue weighted by atomic mass is 19.1. The zero-order valence-electron chi connectivity index (χ0n) is 7.94. The summed E-state index contributed by atoms with van der Waals surface area (Å²) < 4.78 is 17.8. The highest BCUT2D eigenvalue weighted by molar-refractivity contribution is 5.71. The molecule has 0 fully saturated rings. The standard InChI is InChI=1S/C10H11FO4/c11-8-2-1-7(5-10(13)14)9(6-8)15-4-3-12/h1-2,6,12H,3-5H2,(H,13,14). The summed E-state index contributed by atoms with van der Waals surface area (Å²) in [6.07, 6.45) is -0.235. The zero-order chi connectivity index (χ0) is 11.3. The Balaban J connectivity index is 2.87. The maximum absolute atomic E-state index is 12.8. The van der Waals surface area contributed by atoms with Crippen LogP contribution in [0.3, 0.4) is 0 Å². The first-order chi connectivity index (χ1) is 7.13. The van der Waals surface area contributed by atoms with Crippen molar-refractivity contribution in [3.63, 3.8) is 0 Å². The average Bonchev–Trinajstić information content (AvgIpc) is 2.18. The van der Waals surface area contributed by atoms with Gasteiger partial charge in [0.05, 0.1) is 13.0 Å². The van der Waals surface area contributed by atoms with Gasteiger partial charge in [-0.2, -0.15) is 0 Å². The fourth-order valence-corrected chi connectivity index (χ4v) is 1.13. The van der Waals surface area contributed by atoms with Gasteiger partial charge in [-0.1, -0.05) is 6.07 Å². The van der Waals surface area contributed by atoms with E-state index < -0.39 is 11.8 Å². The van der Waals surface area contributed by atoms with E-state index in [0.29, 0.717) is 5.56 Å². The van der Waals surface area contributed by atoms with Crippen molar-refractivity contribution in [1.29, 1.82) is 0 Å². The van der Waals surface area contributed by atoms with Crippen LogP contribution in [0.2, 0.25) is 0 Å². The van der Waals surface area contributed by atoms with Gasteiger partial charge in [0.2, 0.25) is 0 Å². The summed E-state index contributed by atoms with van der Waals surface area (Å²) in [6, 6.07) is 3.63. The summed E-state index contributed by atoms with van der Waals surface area (Å²) in [5.74, 6) is -1.36. The average molecular weight is 214 g/mol. The van der Waals surface area contributed by atoms with E-state index in [2.05, 4.69) is 0 Å². The molecule has 82 valence electrons. The van der Waals surface area contributed by atoms with E-state index in [4.69, 9.17) is 14.9 Å². The minimum atomic E-state index is -1.02. The fourth-order valence-electron chi connectivity index (χ4n) is 1.13. The lowest BCUT2D eigenvalue weighted by Crippen LogP contribution is -2.07.